The lowest BCUT2D eigenvalue weighted by molar-refractivity contribution is -0.125. The van der Waals surface area contributed by atoms with Crippen LogP contribution in [0.3, 0.4) is 0 Å². The van der Waals surface area contributed by atoms with E-state index in [-0.39, 0.29) is 11.7 Å². The van der Waals surface area contributed by atoms with E-state index < -0.39 is 0 Å². The smallest absolute Gasteiger partial charge is 0.246 e. The van der Waals surface area contributed by atoms with Gasteiger partial charge >= 0.3 is 0 Å². The van der Waals surface area contributed by atoms with Gasteiger partial charge in [-0.15, -0.1) is 0 Å². The van der Waals surface area contributed by atoms with Crippen LogP contribution in [0.1, 0.15) is 19.4 Å². The van der Waals surface area contributed by atoms with Crippen LogP contribution in [0.5, 0.6) is 5.75 Å². The molecule has 16 heavy (non-hydrogen) atoms. The second-order valence-corrected chi connectivity index (χ2v) is 3.44. The Labute approximate surface area is 96.0 Å². The van der Waals surface area contributed by atoms with Crippen LogP contribution in [0.2, 0.25) is 0 Å². The standard InChI is InChI=1S/C13H17NO2/c1-3-14(4-2)13(16)10-7-11-5-8-12(15)9-6-11/h5-10,15H,3-4H2,1-2H3/b10-7+. The van der Waals surface area contributed by atoms with Crippen molar-refractivity contribution in [2.45, 2.75) is 13.8 Å². The molecule has 3 nitrogen and oxygen atoms in total. The van der Waals surface area contributed by atoms with Crippen LogP contribution >= 0.6 is 0 Å². The monoisotopic (exact) mass is 219 g/mol. The first kappa shape index (κ1) is 12.3. The fraction of sp³-hybridized carbons (Fsp3) is 0.308. The zero-order chi connectivity index (χ0) is 12.0. The number of benzene rings is 1. The lowest BCUT2D eigenvalue weighted by Crippen LogP contribution is -2.28. The highest BCUT2D eigenvalue weighted by Crippen LogP contribution is 2.10. The van der Waals surface area contributed by atoms with Crippen molar-refractivity contribution in [3.05, 3.63) is 35.9 Å². The SMILES string of the molecule is CCN(CC)C(=O)/C=C/c1ccc(O)cc1. The number of hydrogen-bond donors (Lipinski definition) is 1. The number of amides is 1. The van der Waals surface area contributed by atoms with Crippen LogP contribution in [0, 0.1) is 0 Å². The molecule has 0 saturated heterocycles. The summed E-state index contributed by atoms with van der Waals surface area (Å²) in [5, 5.41) is 9.10. The molecular formula is C13H17NO2. The second-order valence-electron chi connectivity index (χ2n) is 3.44. The summed E-state index contributed by atoms with van der Waals surface area (Å²) in [6.45, 7) is 5.34. The van der Waals surface area contributed by atoms with Crippen molar-refractivity contribution >= 4 is 12.0 Å². The van der Waals surface area contributed by atoms with Crippen molar-refractivity contribution in [2.75, 3.05) is 13.1 Å². The highest BCUT2D eigenvalue weighted by Gasteiger charge is 2.04. The zero-order valence-electron chi connectivity index (χ0n) is 9.68. The van der Waals surface area contributed by atoms with Gasteiger partial charge in [0.15, 0.2) is 0 Å². The Morgan fingerprint density at radius 1 is 1.25 bits per heavy atom. The average Bonchev–Trinajstić information content (AvgIpc) is 2.30. The summed E-state index contributed by atoms with van der Waals surface area (Å²) in [5.74, 6) is 0.241. The molecule has 1 N–H and O–H groups in total. The van der Waals surface area contributed by atoms with E-state index in [0.717, 1.165) is 18.7 Å². The van der Waals surface area contributed by atoms with Gasteiger partial charge in [0.25, 0.3) is 0 Å². The van der Waals surface area contributed by atoms with Crippen LogP contribution in [-0.4, -0.2) is 29.0 Å². The number of hydrogen-bond acceptors (Lipinski definition) is 2. The molecule has 0 saturated carbocycles. The van der Waals surface area contributed by atoms with E-state index in [4.69, 9.17) is 5.11 Å². The van der Waals surface area contributed by atoms with Crippen LogP contribution in [0.4, 0.5) is 0 Å². The number of carbonyl (C=O) groups excluding carboxylic acids is 1. The number of nitrogens with zero attached hydrogens (tertiary/aromatic N) is 1. The second kappa shape index (κ2) is 5.95. The van der Waals surface area contributed by atoms with Crippen molar-refractivity contribution in [3.8, 4) is 5.75 Å². The largest absolute Gasteiger partial charge is 0.508 e. The van der Waals surface area contributed by atoms with Gasteiger partial charge in [0.1, 0.15) is 5.75 Å². The molecule has 0 atom stereocenters. The molecule has 1 rings (SSSR count). The molecular weight excluding hydrogens is 202 g/mol. The average molecular weight is 219 g/mol. The molecule has 3 heteroatoms. The lowest BCUT2D eigenvalue weighted by Gasteiger charge is -2.15. The van der Waals surface area contributed by atoms with E-state index in [9.17, 15) is 4.79 Å². The topological polar surface area (TPSA) is 40.5 Å². The molecule has 0 aliphatic heterocycles. The Bertz CT molecular complexity index is 364. The lowest BCUT2D eigenvalue weighted by atomic mass is 10.2. The van der Waals surface area contributed by atoms with E-state index in [1.165, 1.54) is 0 Å². The Balaban J connectivity index is 2.66. The number of likely N-dealkylation sites (N-methyl/N-ethyl adjacent to an activating group) is 1. The summed E-state index contributed by atoms with van der Waals surface area (Å²) in [5.41, 5.74) is 0.901. The van der Waals surface area contributed by atoms with Crippen molar-refractivity contribution < 1.29 is 9.90 Å². The maximum absolute atomic E-state index is 11.6. The summed E-state index contributed by atoms with van der Waals surface area (Å²) in [7, 11) is 0. The quantitative estimate of drug-likeness (QED) is 0.789. The molecule has 0 heterocycles. The summed E-state index contributed by atoms with van der Waals surface area (Å²) in [4.78, 5) is 13.4. The molecule has 1 amide bonds. The molecule has 0 aromatic heterocycles. The third kappa shape index (κ3) is 3.42. The predicted octanol–water partition coefficient (Wildman–Crippen LogP) is 2.27. The summed E-state index contributed by atoms with van der Waals surface area (Å²) in [6, 6.07) is 6.73. The van der Waals surface area contributed by atoms with E-state index in [2.05, 4.69) is 0 Å². The number of phenolic OH excluding ortho intramolecular Hbond substituents is 1. The van der Waals surface area contributed by atoms with Gasteiger partial charge < -0.3 is 10.0 Å². The molecule has 0 aliphatic carbocycles. The van der Waals surface area contributed by atoms with Crippen LogP contribution in [0.25, 0.3) is 6.08 Å². The highest BCUT2D eigenvalue weighted by molar-refractivity contribution is 5.91. The van der Waals surface area contributed by atoms with Gasteiger partial charge in [-0.2, -0.15) is 0 Å². The number of aromatic hydroxyl groups is 1. The molecule has 0 unspecified atom stereocenters. The van der Waals surface area contributed by atoms with Gasteiger partial charge in [0.2, 0.25) is 5.91 Å². The van der Waals surface area contributed by atoms with E-state index in [1.54, 1.807) is 41.3 Å². The van der Waals surface area contributed by atoms with Crippen LogP contribution in [-0.2, 0) is 4.79 Å². The molecule has 0 spiro atoms. The normalized spacial score (nSPS) is 10.6. The van der Waals surface area contributed by atoms with Crippen molar-refractivity contribution in [1.29, 1.82) is 0 Å². The van der Waals surface area contributed by atoms with Crippen molar-refractivity contribution in [3.63, 3.8) is 0 Å². The van der Waals surface area contributed by atoms with E-state index in [0.29, 0.717) is 0 Å². The molecule has 1 aromatic carbocycles. The van der Waals surface area contributed by atoms with Crippen molar-refractivity contribution in [1.82, 2.24) is 4.90 Å². The summed E-state index contributed by atoms with van der Waals surface area (Å²) < 4.78 is 0. The first-order valence-electron chi connectivity index (χ1n) is 5.43. The van der Waals surface area contributed by atoms with Crippen LogP contribution < -0.4 is 0 Å². The molecule has 0 aliphatic rings. The molecule has 86 valence electrons. The van der Waals surface area contributed by atoms with Crippen LogP contribution in [0.15, 0.2) is 30.3 Å². The minimum Gasteiger partial charge on any atom is -0.508 e. The fourth-order valence-electron chi connectivity index (χ4n) is 1.39. The van der Waals surface area contributed by atoms with E-state index >= 15 is 0 Å². The Morgan fingerprint density at radius 2 is 1.81 bits per heavy atom. The van der Waals surface area contributed by atoms with Gasteiger partial charge in [-0.1, -0.05) is 12.1 Å². The van der Waals surface area contributed by atoms with Gasteiger partial charge in [-0.05, 0) is 37.6 Å². The maximum atomic E-state index is 11.6. The Hall–Kier alpha value is -1.77. The number of rotatable bonds is 4. The highest BCUT2D eigenvalue weighted by atomic mass is 16.3. The van der Waals surface area contributed by atoms with Crippen molar-refractivity contribution in [2.24, 2.45) is 0 Å². The summed E-state index contributed by atoms with van der Waals surface area (Å²) in [6.07, 6.45) is 3.31. The number of carbonyl (C=O) groups is 1. The zero-order valence-corrected chi connectivity index (χ0v) is 9.68. The third-order valence-electron chi connectivity index (χ3n) is 2.39. The minimum atomic E-state index is 0.0121. The van der Waals surface area contributed by atoms with Gasteiger partial charge in [-0.25, -0.2) is 0 Å². The Kier molecular flexibility index (Phi) is 4.58. The fourth-order valence-corrected chi connectivity index (χ4v) is 1.39. The van der Waals surface area contributed by atoms with E-state index in [1.807, 2.05) is 13.8 Å². The first-order valence-corrected chi connectivity index (χ1v) is 5.43. The predicted molar refractivity (Wildman–Crippen MR) is 65.1 cm³/mol. The van der Waals surface area contributed by atoms with Gasteiger partial charge in [0.05, 0.1) is 0 Å². The Morgan fingerprint density at radius 3 is 2.31 bits per heavy atom. The summed E-state index contributed by atoms with van der Waals surface area (Å²) >= 11 is 0. The first-order chi connectivity index (χ1) is 7.67. The maximum Gasteiger partial charge on any atom is 0.246 e. The molecule has 0 bridgehead atoms. The molecule has 0 radical (unpaired) electrons. The minimum absolute atomic E-state index is 0.0121. The number of phenols is 1. The molecule has 0 fully saturated rings. The van der Waals surface area contributed by atoms with Gasteiger partial charge in [-0.3, -0.25) is 4.79 Å². The third-order valence-corrected chi connectivity index (χ3v) is 2.39. The van der Waals surface area contributed by atoms with Gasteiger partial charge in [0, 0.05) is 19.2 Å². The molecule has 1 aromatic rings.